The highest BCUT2D eigenvalue weighted by atomic mass is 16.5. The maximum absolute atomic E-state index is 12.8. The fraction of sp³-hybridized carbons (Fsp3) is 0.364. The Morgan fingerprint density at radius 1 is 1.25 bits per heavy atom. The Morgan fingerprint density at radius 2 is 1.96 bits per heavy atom. The molecule has 2 unspecified atom stereocenters. The van der Waals surface area contributed by atoms with E-state index in [1.165, 1.54) is 0 Å². The Hall–Kier alpha value is -2.70. The highest BCUT2D eigenvalue weighted by Crippen LogP contribution is 2.50. The maximum atomic E-state index is 12.8. The van der Waals surface area contributed by atoms with E-state index < -0.39 is 11.0 Å². The lowest BCUT2D eigenvalue weighted by Crippen LogP contribution is -2.74. The monoisotopic (exact) mass is 378 g/mol. The number of para-hydroxylation sites is 2. The minimum atomic E-state index is -0.940. The molecule has 2 aromatic carbocycles. The molecule has 4 N–H and O–H groups in total. The molecule has 0 saturated heterocycles. The average Bonchev–Trinajstić information content (AvgIpc) is 3.12. The molecular weight excluding hydrogens is 352 g/mol. The van der Waals surface area contributed by atoms with E-state index >= 15 is 0 Å². The van der Waals surface area contributed by atoms with Gasteiger partial charge in [0.15, 0.2) is 0 Å². The van der Waals surface area contributed by atoms with Crippen LogP contribution in [0.2, 0.25) is 0 Å². The SMILES string of the molecule is CCOC1CC(N)(C(=O)Nc2ccc(-c3nc4ccccc4[nH]3)cc2)C1(C)C. The summed E-state index contributed by atoms with van der Waals surface area (Å²) in [6.45, 7) is 6.55. The van der Waals surface area contributed by atoms with Crippen molar-refractivity contribution < 1.29 is 9.53 Å². The molecule has 1 amide bonds. The van der Waals surface area contributed by atoms with Crippen LogP contribution in [0.15, 0.2) is 48.5 Å². The van der Waals surface area contributed by atoms with Gasteiger partial charge in [-0.25, -0.2) is 4.98 Å². The standard InChI is InChI=1S/C22H26N4O2/c1-4-28-18-13-22(23,21(18,2)3)20(27)24-15-11-9-14(10-12-15)19-25-16-7-5-6-8-17(16)26-19/h5-12,18H,4,13,23H2,1-3H3,(H,24,27)(H,25,26). The zero-order valence-corrected chi connectivity index (χ0v) is 16.5. The number of amides is 1. The van der Waals surface area contributed by atoms with Gasteiger partial charge in [0.25, 0.3) is 0 Å². The highest BCUT2D eigenvalue weighted by molar-refractivity contribution is 6.00. The molecule has 0 spiro atoms. The van der Waals surface area contributed by atoms with Gasteiger partial charge in [-0.15, -0.1) is 0 Å². The number of imidazole rings is 1. The summed E-state index contributed by atoms with van der Waals surface area (Å²) in [5.41, 5.74) is 8.69. The first-order valence-corrected chi connectivity index (χ1v) is 9.62. The number of anilines is 1. The summed E-state index contributed by atoms with van der Waals surface area (Å²) < 4.78 is 5.71. The number of H-pyrrole nitrogens is 1. The van der Waals surface area contributed by atoms with E-state index in [-0.39, 0.29) is 12.0 Å². The molecule has 1 aromatic heterocycles. The number of rotatable bonds is 5. The second-order valence-corrected chi connectivity index (χ2v) is 7.98. The summed E-state index contributed by atoms with van der Waals surface area (Å²) in [4.78, 5) is 20.8. The van der Waals surface area contributed by atoms with Gasteiger partial charge in [-0.1, -0.05) is 26.0 Å². The van der Waals surface area contributed by atoms with Crippen LogP contribution in [0.3, 0.4) is 0 Å². The molecule has 1 aliphatic carbocycles. The number of aromatic nitrogens is 2. The van der Waals surface area contributed by atoms with Gasteiger partial charge in [0.2, 0.25) is 5.91 Å². The number of nitrogens with one attached hydrogen (secondary N) is 2. The molecule has 6 heteroatoms. The predicted molar refractivity (Wildman–Crippen MR) is 111 cm³/mol. The highest BCUT2D eigenvalue weighted by Gasteiger charge is 2.62. The lowest BCUT2D eigenvalue weighted by Gasteiger charge is -2.57. The van der Waals surface area contributed by atoms with Gasteiger partial charge in [-0.05, 0) is 43.3 Å². The molecule has 28 heavy (non-hydrogen) atoms. The number of hydrogen-bond acceptors (Lipinski definition) is 4. The third kappa shape index (κ3) is 2.89. The third-order valence-corrected chi connectivity index (χ3v) is 6.04. The molecule has 1 saturated carbocycles. The number of ether oxygens (including phenoxy) is 1. The van der Waals surface area contributed by atoms with Gasteiger partial charge in [0.1, 0.15) is 11.4 Å². The minimum absolute atomic E-state index is 0.00344. The quantitative estimate of drug-likeness (QED) is 0.631. The van der Waals surface area contributed by atoms with Crippen molar-refractivity contribution in [2.75, 3.05) is 11.9 Å². The predicted octanol–water partition coefficient (Wildman–Crippen LogP) is 3.70. The van der Waals surface area contributed by atoms with E-state index in [2.05, 4.69) is 15.3 Å². The molecule has 0 aliphatic heterocycles. The van der Waals surface area contributed by atoms with E-state index in [4.69, 9.17) is 10.5 Å². The fourth-order valence-corrected chi connectivity index (χ4v) is 3.86. The number of carbonyl (C=O) groups is 1. The largest absolute Gasteiger partial charge is 0.378 e. The van der Waals surface area contributed by atoms with Crippen LogP contribution in [0, 0.1) is 5.41 Å². The van der Waals surface area contributed by atoms with Gasteiger partial charge in [-0.2, -0.15) is 0 Å². The summed E-state index contributed by atoms with van der Waals surface area (Å²) in [5.74, 6) is 0.624. The zero-order valence-electron chi connectivity index (χ0n) is 16.5. The first-order chi connectivity index (χ1) is 13.3. The number of carbonyl (C=O) groups excluding carboxylic acids is 1. The van der Waals surface area contributed by atoms with E-state index in [0.717, 1.165) is 22.4 Å². The van der Waals surface area contributed by atoms with Crippen LogP contribution in [0.1, 0.15) is 27.2 Å². The molecule has 1 fully saturated rings. The molecular formula is C22H26N4O2. The van der Waals surface area contributed by atoms with Crippen molar-refractivity contribution >= 4 is 22.6 Å². The zero-order chi connectivity index (χ0) is 19.9. The number of benzene rings is 2. The first kappa shape index (κ1) is 18.7. The van der Waals surface area contributed by atoms with Crippen molar-refractivity contribution in [3.63, 3.8) is 0 Å². The van der Waals surface area contributed by atoms with Crippen LogP contribution < -0.4 is 11.1 Å². The normalized spacial score (nSPS) is 23.4. The number of fused-ring (bicyclic) bond motifs is 1. The topological polar surface area (TPSA) is 93.0 Å². The smallest absolute Gasteiger partial charge is 0.245 e. The molecule has 6 nitrogen and oxygen atoms in total. The second kappa shape index (κ2) is 6.72. The van der Waals surface area contributed by atoms with Crippen LogP contribution in [0.4, 0.5) is 5.69 Å². The number of nitrogens with zero attached hydrogens (tertiary/aromatic N) is 1. The lowest BCUT2D eigenvalue weighted by molar-refractivity contribution is -0.166. The molecule has 2 atom stereocenters. The Kier molecular flexibility index (Phi) is 4.48. The molecule has 0 radical (unpaired) electrons. The molecule has 1 heterocycles. The van der Waals surface area contributed by atoms with Gasteiger partial charge in [0.05, 0.1) is 17.1 Å². The minimum Gasteiger partial charge on any atom is -0.378 e. The van der Waals surface area contributed by atoms with Gasteiger partial charge >= 0.3 is 0 Å². The Balaban J connectivity index is 1.48. The summed E-state index contributed by atoms with van der Waals surface area (Å²) in [5, 5.41) is 2.96. The lowest BCUT2D eigenvalue weighted by atomic mass is 9.54. The Morgan fingerprint density at radius 3 is 2.61 bits per heavy atom. The number of nitrogens with two attached hydrogens (primary N) is 1. The van der Waals surface area contributed by atoms with E-state index in [1.807, 2.05) is 69.3 Å². The van der Waals surface area contributed by atoms with Crippen molar-refractivity contribution in [3.05, 3.63) is 48.5 Å². The molecule has 1 aliphatic rings. The number of aromatic amines is 1. The van der Waals surface area contributed by atoms with Crippen molar-refractivity contribution in [3.8, 4) is 11.4 Å². The van der Waals surface area contributed by atoms with Crippen molar-refractivity contribution in [1.29, 1.82) is 0 Å². The molecule has 0 bridgehead atoms. The third-order valence-electron chi connectivity index (χ3n) is 6.04. The van der Waals surface area contributed by atoms with Crippen molar-refractivity contribution in [2.45, 2.75) is 38.8 Å². The van der Waals surface area contributed by atoms with Gasteiger partial charge in [0, 0.05) is 29.7 Å². The summed E-state index contributed by atoms with van der Waals surface area (Å²) >= 11 is 0. The molecule has 146 valence electrons. The van der Waals surface area contributed by atoms with Gasteiger partial charge in [-0.3, -0.25) is 4.79 Å². The van der Waals surface area contributed by atoms with Crippen molar-refractivity contribution in [1.82, 2.24) is 9.97 Å². The summed E-state index contributed by atoms with van der Waals surface area (Å²) in [6.07, 6.45) is 0.528. The molecule has 4 rings (SSSR count). The first-order valence-electron chi connectivity index (χ1n) is 9.62. The fourth-order valence-electron chi connectivity index (χ4n) is 3.86. The summed E-state index contributed by atoms with van der Waals surface area (Å²) in [6, 6.07) is 15.5. The van der Waals surface area contributed by atoms with Crippen molar-refractivity contribution in [2.24, 2.45) is 11.1 Å². The van der Waals surface area contributed by atoms with E-state index in [1.54, 1.807) is 0 Å². The van der Waals surface area contributed by atoms with Gasteiger partial charge < -0.3 is 20.8 Å². The Labute approximate surface area is 164 Å². The van der Waals surface area contributed by atoms with Crippen LogP contribution in [-0.4, -0.2) is 34.1 Å². The van der Waals surface area contributed by atoms with E-state index in [0.29, 0.717) is 18.7 Å². The second-order valence-electron chi connectivity index (χ2n) is 7.98. The molecule has 3 aromatic rings. The van der Waals surface area contributed by atoms with Crippen LogP contribution >= 0.6 is 0 Å². The average molecular weight is 378 g/mol. The van der Waals surface area contributed by atoms with Crippen LogP contribution in [0.25, 0.3) is 22.4 Å². The number of hydrogen-bond donors (Lipinski definition) is 3. The van der Waals surface area contributed by atoms with Crippen LogP contribution in [0.5, 0.6) is 0 Å². The van der Waals surface area contributed by atoms with Crippen LogP contribution in [-0.2, 0) is 9.53 Å². The summed E-state index contributed by atoms with van der Waals surface area (Å²) in [7, 11) is 0. The maximum Gasteiger partial charge on any atom is 0.245 e. The van der Waals surface area contributed by atoms with E-state index in [9.17, 15) is 4.79 Å². The Bertz CT molecular complexity index is 976.